The van der Waals surface area contributed by atoms with Crippen LogP contribution >= 0.6 is 0 Å². The van der Waals surface area contributed by atoms with Crippen LogP contribution in [0.25, 0.3) is 22.6 Å². The molecule has 0 atom stereocenters. The number of fused-ring (bicyclic) bond motifs is 1. The number of anilines is 1. The van der Waals surface area contributed by atoms with Gasteiger partial charge in [-0.05, 0) is 30.3 Å². The molecule has 1 heterocycles. The Morgan fingerprint density at radius 1 is 1.21 bits per heavy atom. The van der Waals surface area contributed by atoms with Crippen LogP contribution < -0.4 is 10.5 Å². The van der Waals surface area contributed by atoms with Gasteiger partial charge in [0.25, 0.3) is 0 Å². The zero-order valence-electron chi connectivity index (χ0n) is 10.2. The summed E-state index contributed by atoms with van der Waals surface area (Å²) in [5.74, 6) is 0.129. The molecule has 5 heteroatoms. The lowest BCUT2D eigenvalue weighted by Crippen LogP contribution is -1.88. The smallest absolute Gasteiger partial charge is 0.227 e. The van der Waals surface area contributed by atoms with Crippen LogP contribution in [-0.2, 0) is 0 Å². The second-order valence-electron chi connectivity index (χ2n) is 4.10. The summed E-state index contributed by atoms with van der Waals surface area (Å²) in [5, 5.41) is 0. The van der Waals surface area contributed by atoms with Crippen LogP contribution in [0.2, 0.25) is 0 Å². The maximum atomic E-state index is 13.4. The van der Waals surface area contributed by atoms with Gasteiger partial charge in [0.2, 0.25) is 5.89 Å². The van der Waals surface area contributed by atoms with Crippen molar-refractivity contribution >= 4 is 16.8 Å². The molecule has 0 bridgehead atoms. The average molecular weight is 258 g/mol. The number of halogens is 1. The lowest BCUT2D eigenvalue weighted by Gasteiger charge is -2.02. The van der Waals surface area contributed by atoms with Crippen LogP contribution in [0.15, 0.2) is 40.8 Å². The Labute approximate surface area is 108 Å². The molecule has 1 aromatic heterocycles. The number of hydrogen-bond acceptors (Lipinski definition) is 4. The van der Waals surface area contributed by atoms with Crippen molar-refractivity contribution in [1.29, 1.82) is 0 Å². The molecule has 0 aliphatic heterocycles. The van der Waals surface area contributed by atoms with E-state index in [2.05, 4.69) is 4.98 Å². The van der Waals surface area contributed by atoms with Crippen molar-refractivity contribution in [2.75, 3.05) is 12.8 Å². The Bertz CT molecular complexity index is 752. The second-order valence-corrected chi connectivity index (χ2v) is 4.10. The van der Waals surface area contributed by atoms with Gasteiger partial charge in [0.1, 0.15) is 5.52 Å². The third-order valence-corrected chi connectivity index (χ3v) is 2.81. The third kappa shape index (κ3) is 1.99. The van der Waals surface area contributed by atoms with Crippen molar-refractivity contribution in [2.24, 2.45) is 0 Å². The fraction of sp³-hybridized carbons (Fsp3) is 0.0714. The van der Waals surface area contributed by atoms with Gasteiger partial charge in [0.15, 0.2) is 17.1 Å². The third-order valence-electron chi connectivity index (χ3n) is 2.81. The Morgan fingerprint density at radius 2 is 2.05 bits per heavy atom. The Kier molecular flexibility index (Phi) is 2.59. The predicted molar refractivity (Wildman–Crippen MR) is 70.4 cm³/mol. The molecule has 3 aromatic rings. The van der Waals surface area contributed by atoms with Crippen LogP contribution in [0, 0.1) is 5.82 Å². The summed E-state index contributed by atoms with van der Waals surface area (Å²) in [5.41, 5.74) is 8.23. The van der Waals surface area contributed by atoms with Crippen molar-refractivity contribution in [1.82, 2.24) is 4.98 Å². The zero-order chi connectivity index (χ0) is 13.4. The first-order valence-electron chi connectivity index (χ1n) is 5.67. The number of benzene rings is 2. The van der Waals surface area contributed by atoms with Gasteiger partial charge in [-0.25, -0.2) is 9.37 Å². The first-order chi connectivity index (χ1) is 9.17. The number of oxazole rings is 1. The molecule has 2 aromatic carbocycles. The van der Waals surface area contributed by atoms with Crippen LogP contribution in [-0.4, -0.2) is 12.1 Å². The highest BCUT2D eigenvalue weighted by atomic mass is 19.1. The van der Waals surface area contributed by atoms with Crippen molar-refractivity contribution in [3.8, 4) is 17.2 Å². The number of hydrogen-bond donors (Lipinski definition) is 1. The molecule has 96 valence electrons. The van der Waals surface area contributed by atoms with E-state index in [0.717, 1.165) is 0 Å². The number of nitrogens with two attached hydrogens (primary N) is 1. The molecule has 0 radical (unpaired) electrons. The van der Waals surface area contributed by atoms with E-state index in [4.69, 9.17) is 14.9 Å². The van der Waals surface area contributed by atoms with Gasteiger partial charge in [-0.15, -0.1) is 0 Å². The monoisotopic (exact) mass is 258 g/mol. The van der Waals surface area contributed by atoms with Crippen molar-refractivity contribution in [3.05, 3.63) is 42.2 Å². The van der Waals surface area contributed by atoms with Gasteiger partial charge < -0.3 is 14.9 Å². The van der Waals surface area contributed by atoms with Crippen LogP contribution in [0.1, 0.15) is 0 Å². The summed E-state index contributed by atoms with van der Waals surface area (Å²) >= 11 is 0. The lowest BCUT2D eigenvalue weighted by molar-refractivity contribution is 0.386. The van der Waals surface area contributed by atoms with Gasteiger partial charge >= 0.3 is 0 Å². The fourth-order valence-electron chi connectivity index (χ4n) is 1.86. The Morgan fingerprint density at radius 3 is 2.84 bits per heavy atom. The summed E-state index contributed by atoms with van der Waals surface area (Å²) in [6.45, 7) is 0. The molecule has 4 nitrogen and oxygen atoms in total. The summed E-state index contributed by atoms with van der Waals surface area (Å²) in [6.07, 6.45) is 0. The van der Waals surface area contributed by atoms with E-state index in [0.29, 0.717) is 28.2 Å². The Hall–Kier alpha value is -2.56. The van der Waals surface area contributed by atoms with Crippen molar-refractivity contribution in [2.45, 2.75) is 0 Å². The highest BCUT2D eigenvalue weighted by Gasteiger charge is 2.11. The minimum absolute atomic E-state index is 0.152. The van der Waals surface area contributed by atoms with E-state index in [1.54, 1.807) is 30.3 Å². The van der Waals surface area contributed by atoms with E-state index in [1.165, 1.54) is 13.2 Å². The number of nitrogen functional groups attached to an aromatic ring is 1. The normalized spacial score (nSPS) is 10.8. The lowest BCUT2D eigenvalue weighted by atomic mass is 10.2. The molecule has 0 aliphatic rings. The molecular weight excluding hydrogens is 247 g/mol. The fourth-order valence-corrected chi connectivity index (χ4v) is 1.86. The van der Waals surface area contributed by atoms with E-state index in [9.17, 15) is 4.39 Å². The maximum absolute atomic E-state index is 13.4. The predicted octanol–water partition coefficient (Wildman–Crippen LogP) is 3.22. The number of methoxy groups -OCH3 is 1. The molecule has 0 unspecified atom stereocenters. The van der Waals surface area contributed by atoms with Crippen LogP contribution in [0.5, 0.6) is 5.75 Å². The van der Waals surface area contributed by atoms with E-state index in [-0.39, 0.29) is 5.75 Å². The van der Waals surface area contributed by atoms with Crippen LogP contribution in [0.3, 0.4) is 0 Å². The highest BCUT2D eigenvalue weighted by molar-refractivity contribution is 5.79. The van der Waals surface area contributed by atoms with Gasteiger partial charge in [-0.2, -0.15) is 0 Å². The number of aromatic nitrogens is 1. The van der Waals surface area contributed by atoms with E-state index in [1.807, 2.05) is 0 Å². The van der Waals surface area contributed by atoms with Gasteiger partial charge in [-0.1, -0.05) is 0 Å². The topological polar surface area (TPSA) is 61.3 Å². The number of nitrogens with zero attached hydrogens (tertiary/aromatic N) is 1. The summed E-state index contributed by atoms with van der Waals surface area (Å²) in [7, 11) is 1.41. The average Bonchev–Trinajstić information content (AvgIpc) is 2.82. The summed E-state index contributed by atoms with van der Waals surface area (Å²) in [4.78, 5) is 4.33. The zero-order valence-corrected chi connectivity index (χ0v) is 10.2. The van der Waals surface area contributed by atoms with Gasteiger partial charge in [0, 0.05) is 17.3 Å². The van der Waals surface area contributed by atoms with Crippen molar-refractivity contribution in [3.63, 3.8) is 0 Å². The van der Waals surface area contributed by atoms with Crippen LogP contribution in [0.4, 0.5) is 10.1 Å². The second kappa shape index (κ2) is 4.28. The summed E-state index contributed by atoms with van der Waals surface area (Å²) < 4.78 is 23.9. The van der Waals surface area contributed by atoms with E-state index >= 15 is 0 Å². The number of ether oxygens (including phenoxy) is 1. The number of rotatable bonds is 2. The molecule has 0 saturated carbocycles. The molecule has 0 aliphatic carbocycles. The maximum Gasteiger partial charge on any atom is 0.227 e. The minimum atomic E-state index is -0.424. The highest BCUT2D eigenvalue weighted by Crippen LogP contribution is 2.29. The first-order valence-corrected chi connectivity index (χ1v) is 5.67. The molecule has 3 rings (SSSR count). The quantitative estimate of drug-likeness (QED) is 0.717. The molecule has 0 fully saturated rings. The minimum Gasteiger partial charge on any atom is -0.494 e. The standard InChI is InChI=1S/C14H11FN2O2/c1-18-12-6-8(2-4-10(12)15)14-17-11-5-3-9(16)7-13(11)19-14/h2-7H,16H2,1H3. The Balaban J connectivity index is 2.13. The summed E-state index contributed by atoms with van der Waals surface area (Å²) in [6, 6.07) is 9.68. The molecular formula is C14H11FN2O2. The molecule has 0 amide bonds. The van der Waals surface area contributed by atoms with Gasteiger partial charge in [0.05, 0.1) is 7.11 Å². The SMILES string of the molecule is COc1cc(-c2nc3ccc(N)cc3o2)ccc1F. The molecule has 0 spiro atoms. The first kappa shape index (κ1) is 11.5. The van der Waals surface area contributed by atoms with E-state index < -0.39 is 5.82 Å². The molecule has 0 saturated heterocycles. The largest absolute Gasteiger partial charge is 0.494 e. The van der Waals surface area contributed by atoms with Gasteiger partial charge in [-0.3, -0.25) is 0 Å². The molecule has 19 heavy (non-hydrogen) atoms. The van der Waals surface area contributed by atoms with Crippen molar-refractivity contribution < 1.29 is 13.5 Å². The molecule has 2 N–H and O–H groups in total.